The lowest BCUT2D eigenvalue weighted by atomic mass is 10.1. The molecule has 0 spiro atoms. The minimum Gasteiger partial charge on any atom is -0.477 e. The van der Waals surface area contributed by atoms with Gasteiger partial charge in [0.2, 0.25) is 0 Å². The fourth-order valence-electron chi connectivity index (χ4n) is 2.10. The number of nitrogens with one attached hydrogen (secondary N) is 2. The molecule has 0 aliphatic carbocycles. The van der Waals surface area contributed by atoms with Gasteiger partial charge in [0.05, 0.1) is 21.3 Å². The van der Waals surface area contributed by atoms with Gasteiger partial charge in [-0.15, -0.1) is 0 Å². The van der Waals surface area contributed by atoms with Gasteiger partial charge in [0, 0.05) is 5.69 Å². The van der Waals surface area contributed by atoms with Gasteiger partial charge in [0.1, 0.15) is 5.69 Å². The molecule has 0 atom stereocenters. The van der Waals surface area contributed by atoms with E-state index >= 15 is 0 Å². The number of aromatic amines is 1. The average molecular weight is 327 g/mol. The number of benzene rings is 1. The molecular formula is C14H12Cl2N2O3. The van der Waals surface area contributed by atoms with Crippen molar-refractivity contribution in [1.29, 1.82) is 0 Å². The average Bonchev–Trinajstić information content (AvgIpc) is 2.69. The summed E-state index contributed by atoms with van der Waals surface area (Å²) in [4.78, 5) is 26.1. The molecule has 1 amide bonds. The minimum atomic E-state index is -1.12. The number of aromatic nitrogens is 1. The van der Waals surface area contributed by atoms with E-state index < -0.39 is 11.9 Å². The molecule has 0 saturated carbocycles. The first kappa shape index (κ1) is 15.4. The normalized spacial score (nSPS) is 10.5. The molecule has 1 aromatic heterocycles. The van der Waals surface area contributed by atoms with E-state index in [2.05, 4.69) is 10.3 Å². The van der Waals surface area contributed by atoms with Crippen molar-refractivity contribution < 1.29 is 14.7 Å². The summed E-state index contributed by atoms with van der Waals surface area (Å²) in [6.07, 6.45) is 0. The third-order valence-electron chi connectivity index (χ3n) is 3.08. The SMILES string of the molecule is Cc1[nH]c(C(=O)O)c(C)c1C(=O)Nc1c(Cl)cccc1Cl. The summed E-state index contributed by atoms with van der Waals surface area (Å²) in [5.41, 5.74) is 1.38. The molecule has 0 bridgehead atoms. The number of para-hydroxylation sites is 1. The highest BCUT2D eigenvalue weighted by Crippen LogP contribution is 2.31. The molecule has 0 saturated heterocycles. The summed E-state index contributed by atoms with van der Waals surface area (Å²) >= 11 is 12.0. The molecule has 0 radical (unpaired) electrons. The largest absolute Gasteiger partial charge is 0.477 e. The number of carbonyl (C=O) groups excluding carboxylic acids is 1. The lowest BCUT2D eigenvalue weighted by Crippen LogP contribution is -2.14. The molecule has 1 heterocycles. The fraction of sp³-hybridized carbons (Fsp3) is 0.143. The van der Waals surface area contributed by atoms with Gasteiger partial charge < -0.3 is 15.4 Å². The van der Waals surface area contributed by atoms with Crippen LogP contribution in [0.2, 0.25) is 10.0 Å². The van der Waals surface area contributed by atoms with E-state index in [9.17, 15) is 9.59 Å². The molecule has 2 rings (SSSR count). The van der Waals surface area contributed by atoms with Gasteiger partial charge in [-0.05, 0) is 31.5 Å². The van der Waals surface area contributed by atoms with E-state index in [0.717, 1.165) is 0 Å². The Bertz CT molecular complexity index is 718. The Labute approximate surface area is 130 Å². The predicted molar refractivity (Wildman–Crippen MR) is 81.6 cm³/mol. The highest BCUT2D eigenvalue weighted by Gasteiger charge is 2.22. The number of hydrogen-bond acceptors (Lipinski definition) is 2. The van der Waals surface area contributed by atoms with Gasteiger partial charge in [-0.1, -0.05) is 29.3 Å². The molecule has 0 aliphatic rings. The first-order valence-electron chi connectivity index (χ1n) is 6.00. The van der Waals surface area contributed by atoms with Crippen molar-refractivity contribution in [3.05, 3.63) is 50.8 Å². The lowest BCUT2D eigenvalue weighted by molar-refractivity contribution is 0.0690. The summed E-state index contributed by atoms with van der Waals surface area (Å²) in [7, 11) is 0. The van der Waals surface area contributed by atoms with Gasteiger partial charge in [-0.2, -0.15) is 0 Å². The molecule has 0 aliphatic heterocycles. The second-order valence-electron chi connectivity index (χ2n) is 4.48. The van der Waals surface area contributed by atoms with Crippen LogP contribution < -0.4 is 5.32 Å². The number of carbonyl (C=O) groups is 2. The van der Waals surface area contributed by atoms with Crippen LogP contribution in [0.5, 0.6) is 0 Å². The second kappa shape index (κ2) is 5.79. The van der Waals surface area contributed by atoms with Gasteiger partial charge >= 0.3 is 5.97 Å². The zero-order valence-electron chi connectivity index (χ0n) is 11.3. The van der Waals surface area contributed by atoms with E-state index in [1.807, 2.05) is 0 Å². The Kier molecular flexibility index (Phi) is 4.25. The maximum atomic E-state index is 12.4. The van der Waals surface area contributed by atoms with Crippen LogP contribution in [0.1, 0.15) is 32.1 Å². The number of carboxylic acid groups (broad SMARTS) is 1. The Hall–Kier alpha value is -1.98. The number of aryl methyl sites for hydroxylation is 1. The third kappa shape index (κ3) is 2.89. The van der Waals surface area contributed by atoms with Crippen molar-refractivity contribution in [2.45, 2.75) is 13.8 Å². The third-order valence-corrected chi connectivity index (χ3v) is 3.71. The molecule has 1 aromatic carbocycles. The molecule has 7 heteroatoms. The zero-order chi connectivity index (χ0) is 15.7. The Balaban J connectivity index is 2.40. The number of carboxylic acids is 1. The van der Waals surface area contributed by atoms with E-state index in [1.165, 1.54) is 0 Å². The highest BCUT2D eigenvalue weighted by molar-refractivity contribution is 6.40. The Morgan fingerprint density at radius 3 is 2.24 bits per heavy atom. The first-order valence-corrected chi connectivity index (χ1v) is 6.76. The number of halogens is 2. The second-order valence-corrected chi connectivity index (χ2v) is 5.30. The summed E-state index contributed by atoms with van der Waals surface area (Å²) in [5.74, 6) is -1.59. The molecule has 5 nitrogen and oxygen atoms in total. The van der Waals surface area contributed by atoms with Crippen molar-refractivity contribution in [3.8, 4) is 0 Å². The van der Waals surface area contributed by atoms with Gasteiger partial charge in [-0.25, -0.2) is 4.79 Å². The fourth-order valence-corrected chi connectivity index (χ4v) is 2.59. The zero-order valence-corrected chi connectivity index (χ0v) is 12.8. The van der Waals surface area contributed by atoms with E-state index in [0.29, 0.717) is 27.0 Å². The van der Waals surface area contributed by atoms with Crippen LogP contribution in [0.15, 0.2) is 18.2 Å². The quantitative estimate of drug-likeness (QED) is 0.800. The topological polar surface area (TPSA) is 82.2 Å². The van der Waals surface area contributed by atoms with Crippen molar-refractivity contribution >= 4 is 40.8 Å². The number of hydrogen-bond donors (Lipinski definition) is 3. The summed E-state index contributed by atoms with van der Waals surface area (Å²) < 4.78 is 0. The Morgan fingerprint density at radius 1 is 1.19 bits per heavy atom. The number of aromatic carboxylic acids is 1. The summed E-state index contributed by atoms with van der Waals surface area (Å²) in [6, 6.07) is 4.86. The van der Waals surface area contributed by atoms with Gasteiger partial charge in [-0.3, -0.25) is 4.79 Å². The number of rotatable bonds is 3. The molecule has 2 aromatic rings. The van der Waals surface area contributed by atoms with Crippen molar-refractivity contribution in [2.24, 2.45) is 0 Å². The van der Waals surface area contributed by atoms with E-state index in [4.69, 9.17) is 28.3 Å². The smallest absolute Gasteiger partial charge is 0.352 e. The van der Waals surface area contributed by atoms with Crippen LogP contribution in [0.3, 0.4) is 0 Å². The Morgan fingerprint density at radius 2 is 1.76 bits per heavy atom. The summed E-state index contributed by atoms with van der Waals surface area (Å²) in [6.45, 7) is 3.19. The monoisotopic (exact) mass is 326 g/mol. The van der Waals surface area contributed by atoms with Gasteiger partial charge in [0.25, 0.3) is 5.91 Å². The predicted octanol–water partition coefficient (Wildman–Crippen LogP) is 3.89. The van der Waals surface area contributed by atoms with Crippen LogP contribution in [0.4, 0.5) is 5.69 Å². The maximum Gasteiger partial charge on any atom is 0.352 e. The first-order chi connectivity index (χ1) is 9.82. The van der Waals surface area contributed by atoms with Gasteiger partial charge in [0.15, 0.2) is 0 Å². The van der Waals surface area contributed by atoms with Crippen molar-refractivity contribution in [1.82, 2.24) is 4.98 Å². The van der Waals surface area contributed by atoms with Crippen LogP contribution in [-0.4, -0.2) is 22.0 Å². The molecule has 0 unspecified atom stereocenters. The van der Waals surface area contributed by atoms with Crippen molar-refractivity contribution in [2.75, 3.05) is 5.32 Å². The maximum absolute atomic E-state index is 12.4. The standard InChI is InChI=1S/C14H12Cl2N2O3/c1-6-10(7(2)17-11(6)14(20)21)13(19)18-12-8(15)4-3-5-9(12)16/h3-5,17H,1-2H3,(H,18,19)(H,20,21). The summed E-state index contributed by atoms with van der Waals surface area (Å²) in [5, 5.41) is 12.3. The van der Waals surface area contributed by atoms with Crippen LogP contribution >= 0.6 is 23.2 Å². The number of H-pyrrole nitrogens is 1. The number of anilines is 1. The van der Waals surface area contributed by atoms with E-state index in [1.54, 1.807) is 32.0 Å². The molecular weight excluding hydrogens is 315 g/mol. The minimum absolute atomic E-state index is 0.0112. The van der Waals surface area contributed by atoms with E-state index in [-0.39, 0.29) is 11.3 Å². The molecule has 110 valence electrons. The molecule has 3 N–H and O–H groups in total. The number of amides is 1. The van der Waals surface area contributed by atoms with Crippen LogP contribution in [0.25, 0.3) is 0 Å². The molecule has 0 fully saturated rings. The highest BCUT2D eigenvalue weighted by atomic mass is 35.5. The lowest BCUT2D eigenvalue weighted by Gasteiger charge is -2.09. The van der Waals surface area contributed by atoms with Crippen molar-refractivity contribution in [3.63, 3.8) is 0 Å². The van der Waals surface area contributed by atoms with Crippen LogP contribution in [-0.2, 0) is 0 Å². The molecule has 21 heavy (non-hydrogen) atoms. The van der Waals surface area contributed by atoms with Crippen LogP contribution in [0, 0.1) is 13.8 Å².